The Kier molecular flexibility index (Phi) is 6.25. The lowest BCUT2D eigenvalue weighted by Gasteiger charge is -2.18. The summed E-state index contributed by atoms with van der Waals surface area (Å²) in [5.74, 6) is 0.204. The monoisotopic (exact) mass is 509 g/mol. The highest BCUT2D eigenvalue weighted by atomic mass is 19.1. The van der Waals surface area contributed by atoms with Gasteiger partial charge in [-0.3, -0.25) is 14.3 Å². The van der Waals surface area contributed by atoms with E-state index in [1.54, 1.807) is 36.9 Å². The summed E-state index contributed by atoms with van der Waals surface area (Å²) >= 11 is 0. The van der Waals surface area contributed by atoms with Crippen LogP contribution in [0.5, 0.6) is 5.75 Å². The van der Waals surface area contributed by atoms with Crippen LogP contribution in [0.25, 0.3) is 33.5 Å². The topological polar surface area (TPSA) is 65.2 Å². The molecule has 38 heavy (non-hydrogen) atoms. The summed E-state index contributed by atoms with van der Waals surface area (Å²) in [6.07, 6.45) is 3.81. The maximum atomic E-state index is 15.6. The van der Waals surface area contributed by atoms with Gasteiger partial charge in [0.1, 0.15) is 23.4 Å². The summed E-state index contributed by atoms with van der Waals surface area (Å²) in [7, 11) is 1.59. The van der Waals surface area contributed by atoms with Gasteiger partial charge < -0.3 is 4.74 Å². The highest BCUT2D eigenvalue weighted by Gasteiger charge is 2.19. The minimum atomic E-state index is -0.492. The van der Waals surface area contributed by atoms with E-state index < -0.39 is 11.4 Å². The molecule has 0 bridgehead atoms. The van der Waals surface area contributed by atoms with Crippen molar-refractivity contribution in [1.82, 2.24) is 24.2 Å². The fraction of sp³-hybridized carbons (Fsp3) is 0.233. The lowest BCUT2D eigenvalue weighted by molar-refractivity contribution is 0.332. The highest BCUT2D eigenvalue weighted by molar-refractivity contribution is 5.78. The second-order valence-corrected chi connectivity index (χ2v) is 9.62. The van der Waals surface area contributed by atoms with E-state index in [0.29, 0.717) is 22.6 Å². The molecule has 0 N–H and O–H groups in total. The molecule has 6 rings (SSSR count). The summed E-state index contributed by atoms with van der Waals surface area (Å²) in [5, 5.41) is 4.54. The first-order valence-corrected chi connectivity index (χ1v) is 12.8. The van der Waals surface area contributed by atoms with Crippen LogP contribution in [0.15, 0.2) is 77.9 Å². The first-order chi connectivity index (χ1) is 18.5. The SMILES string of the molecule is COc1ccc(-n2nc(C)c3ncn(-c4ccc(-c5ccccc5CN5CCCC5)cc4F)c(=O)c32)cc1. The lowest BCUT2D eigenvalue weighted by atomic mass is 9.99. The molecule has 1 fully saturated rings. The molecule has 0 aliphatic carbocycles. The van der Waals surface area contributed by atoms with Gasteiger partial charge in [-0.05, 0) is 85.9 Å². The Morgan fingerprint density at radius 2 is 1.76 bits per heavy atom. The van der Waals surface area contributed by atoms with Gasteiger partial charge in [0, 0.05) is 6.54 Å². The fourth-order valence-electron chi connectivity index (χ4n) is 5.22. The molecule has 7 nitrogen and oxygen atoms in total. The second kappa shape index (κ2) is 9.87. The summed E-state index contributed by atoms with van der Waals surface area (Å²) < 4.78 is 23.7. The molecule has 1 aliphatic heterocycles. The molecule has 8 heteroatoms. The lowest BCUT2D eigenvalue weighted by Crippen LogP contribution is -2.22. The number of halogens is 1. The zero-order valence-corrected chi connectivity index (χ0v) is 21.4. The maximum absolute atomic E-state index is 15.6. The van der Waals surface area contributed by atoms with Gasteiger partial charge in [0.25, 0.3) is 5.56 Å². The molecule has 0 atom stereocenters. The number of aromatic nitrogens is 4. The van der Waals surface area contributed by atoms with Crippen LogP contribution >= 0.6 is 0 Å². The zero-order chi connectivity index (χ0) is 26.2. The van der Waals surface area contributed by atoms with Crippen molar-refractivity contribution in [3.63, 3.8) is 0 Å². The normalized spacial score (nSPS) is 13.9. The van der Waals surface area contributed by atoms with Gasteiger partial charge in [0.05, 0.1) is 24.2 Å². The van der Waals surface area contributed by atoms with E-state index in [-0.39, 0.29) is 11.2 Å². The predicted molar refractivity (Wildman–Crippen MR) is 146 cm³/mol. The van der Waals surface area contributed by atoms with E-state index in [0.717, 1.165) is 30.8 Å². The molecule has 0 unspecified atom stereocenters. The third-order valence-electron chi connectivity index (χ3n) is 7.20. The van der Waals surface area contributed by atoms with Crippen LogP contribution in [0.2, 0.25) is 0 Å². The third kappa shape index (κ3) is 4.26. The number of rotatable bonds is 6. The smallest absolute Gasteiger partial charge is 0.284 e. The van der Waals surface area contributed by atoms with Crippen molar-refractivity contribution in [3.05, 3.63) is 100 Å². The largest absolute Gasteiger partial charge is 0.497 e. The van der Waals surface area contributed by atoms with Gasteiger partial charge >= 0.3 is 0 Å². The van der Waals surface area contributed by atoms with Gasteiger partial charge in [0.15, 0.2) is 5.52 Å². The van der Waals surface area contributed by atoms with E-state index in [1.807, 2.05) is 36.4 Å². The van der Waals surface area contributed by atoms with E-state index in [1.165, 1.54) is 35.4 Å². The van der Waals surface area contributed by atoms with Crippen molar-refractivity contribution in [2.24, 2.45) is 0 Å². The molecule has 3 aromatic carbocycles. The number of likely N-dealkylation sites (tertiary alicyclic amines) is 1. The number of fused-ring (bicyclic) bond motifs is 1. The molecular weight excluding hydrogens is 481 g/mol. The average molecular weight is 510 g/mol. The van der Waals surface area contributed by atoms with E-state index in [4.69, 9.17) is 4.74 Å². The van der Waals surface area contributed by atoms with Gasteiger partial charge in [-0.25, -0.2) is 14.1 Å². The van der Waals surface area contributed by atoms with Crippen molar-refractivity contribution in [3.8, 4) is 28.3 Å². The van der Waals surface area contributed by atoms with Crippen LogP contribution in [0.4, 0.5) is 4.39 Å². The number of hydrogen-bond acceptors (Lipinski definition) is 5. The Balaban J connectivity index is 1.41. The van der Waals surface area contributed by atoms with Gasteiger partial charge in [0.2, 0.25) is 0 Å². The standard InChI is InChI=1S/C30H28FN5O2/c1-20-28-29(36(33-20)23-10-12-24(38-2)13-11-23)30(37)35(19-32-28)27-14-9-21(17-26(27)31)25-8-4-3-7-22(25)18-34-15-5-6-16-34/h3-4,7-14,17,19H,5-6,15-16,18H2,1-2H3. The van der Waals surface area contributed by atoms with Gasteiger partial charge in [-0.1, -0.05) is 30.3 Å². The van der Waals surface area contributed by atoms with Crippen molar-refractivity contribution in [2.45, 2.75) is 26.3 Å². The minimum Gasteiger partial charge on any atom is -0.497 e. The van der Waals surface area contributed by atoms with Crippen LogP contribution < -0.4 is 10.3 Å². The number of hydrogen-bond donors (Lipinski definition) is 0. The van der Waals surface area contributed by atoms with Crippen molar-refractivity contribution >= 4 is 11.0 Å². The first kappa shape index (κ1) is 24.1. The molecule has 0 amide bonds. The molecule has 0 saturated carbocycles. The molecule has 192 valence electrons. The Bertz CT molecular complexity index is 1680. The summed E-state index contributed by atoms with van der Waals surface area (Å²) in [4.78, 5) is 20.6. The second-order valence-electron chi connectivity index (χ2n) is 9.62. The third-order valence-corrected chi connectivity index (χ3v) is 7.20. The molecule has 3 heterocycles. The molecule has 0 radical (unpaired) electrons. The maximum Gasteiger partial charge on any atom is 0.284 e. The molecule has 1 aliphatic rings. The van der Waals surface area contributed by atoms with Crippen LogP contribution in [-0.4, -0.2) is 44.4 Å². The summed E-state index contributed by atoms with van der Waals surface area (Å²) in [6.45, 7) is 4.82. The predicted octanol–water partition coefficient (Wildman–Crippen LogP) is 5.29. The minimum absolute atomic E-state index is 0.144. The zero-order valence-electron chi connectivity index (χ0n) is 21.4. The van der Waals surface area contributed by atoms with E-state index in [9.17, 15) is 4.79 Å². The van der Waals surface area contributed by atoms with Gasteiger partial charge in [-0.15, -0.1) is 0 Å². The highest BCUT2D eigenvalue weighted by Crippen LogP contribution is 2.29. The van der Waals surface area contributed by atoms with Crippen LogP contribution in [0.1, 0.15) is 24.1 Å². The Labute approximate surface area is 219 Å². The van der Waals surface area contributed by atoms with Gasteiger partial charge in [-0.2, -0.15) is 5.10 Å². The quantitative estimate of drug-likeness (QED) is 0.311. The van der Waals surface area contributed by atoms with E-state index >= 15 is 4.39 Å². The number of methoxy groups -OCH3 is 1. The Hall–Kier alpha value is -4.30. The molecule has 1 saturated heterocycles. The molecule has 0 spiro atoms. The van der Waals surface area contributed by atoms with Crippen molar-refractivity contribution < 1.29 is 9.13 Å². The molecule has 2 aromatic heterocycles. The van der Waals surface area contributed by atoms with Crippen molar-refractivity contribution in [1.29, 1.82) is 0 Å². The fourth-order valence-corrected chi connectivity index (χ4v) is 5.22. The molecule has 5 aromatic rings. The number of aryl methyl sites for hydroxylation is 1. The summed E-state index contributed by atoms with van der Waals surface area (Å²) in [6, 6.07) is 20.4. The molecular formula is C30H28FN5O2. The average Bonchev–Trinajstić information content (AvgIpc) is 3.57. The van der Waals surface area contributed by atoms with Crippen LogP contribution in [-0.2, 0) is 6.54 Å². The number of nitrogens with zero attached hydrogens (tertiary/aromatic N) is 5. The number of ether oxygens (including phenoxy) is 1. The van der Waals surface area contributed by atoms with E-state index in [2.05, 4.69) is 21.0 Å². The Morgan fingerprint density at radius 3 is 2.50 bits per heavy atom. The van der Waals surface area contributed by atoms with Crippen LogP contribution in [0.3, 0.4) is 0 Å². The Morgan fingerprint density at radius 1 is 1.00 bits per heavy atom. The first-order valence-electron chi connectivity index (χ1n) is 12.8. The number of benzene rings is 3. The summed E-state index contributed by atoms with van der Waals surface area (Å²) in [5.41, 5.74) is 4.76. The van der Waals surface area contributed by atoms with Crippen LogP contribution in [0, 0.1) is 12.7 Å². The van der Waals surface area contributed by atoms with Crippen molar-refractivity contribution in [2.75, 3.05) is 20.2 Å².